The number of rotatable bonds is 2. The monoisotopic (exact) mass is 192 g/mol. The average molecular weight is 192 g/mol. The molecule has 0 aliphatic carbocycles. The Labute approximate surface area is 84.1 Å². The molecule has 0 saturated carbocycles. The second-order valence-electron chi connectivity index (χ2n) is 3.81. The van der Waals surface area contributed by atoms with Crippen LogP contribution in [0.15, 0.2) is 12.3 Å². The first-order valence-electron chi connectivity index (χ1n) is 5.11. The summed E-state index contributed by atoms with van der Waals surface area (Å²) >= 11 is 0. The van der Waals surface area contributed by atoms with Crippen LogP contribution in [-0.2, 0) is 0 Å². The lowest BCUT2D eigenvalue weighted by Gasteiger charge is -2.23. The average Bonchev–Trinajstić information content (AvgIpc) is 2.19. The molecule has 1 fully saturated rings. The Hall–Kier alpha value is -1.16. The summed E-state index contributed by atoms with van der Waals surface area (Å²) in [5.41, 5.74) is 1.14. The summed E-state index contributed by atoms with van der Waals surface area (Å²) in [6.45, 7) is 4.19. The van der Waals surface area contributed by atoms with Crippen molar-refractivity contribution in [1.82, 2.24) is 15.5 Å². The zero-order valence-corrected chi connectivity index (χ0v) is 8.45. The third-order valence-corrected chi connectivity index (χ3v) is 2.44. The van der Waals surface area contributed by atoms with Gasteiger partial charge in [0.05, 0.1) is 6.20 Å². The lowest BCUT2D eigenvalue weighted by molar-refractivity contribution is 0.478. The maximum Gasteiger partial charge on any atom is 0.149 e. The highest BCUT2D eigenvalue weighted by atomic mass is 15.2. The lowest BCUT2D eigenvalue weighted by atomic mass is 10.1. The van der Waals surface area contributed by atoms with E-state index in [0.29, 0.717) is 6.04 Å². The molecule has 0 bridgehead atoms. The molecule has 2 heterocycles. The lowest BCUT2D eigenvalue weighted by Crippen LogP contribution is -2.38. The molecule has 1 unspecified atom stereocenters. The number of piperidine rings is 1. The van der Waals surface area contributed by atoms with Gasteiger partial charge in [-0.15, -0.1) is 5.10 Å². The fourth-order valence-corrected chi connectivity index (χ4v) is 1.72. The van der Waals surface area contributed by atoms with Gasteiger partial charge in [-0.1, -0.05) is 0 Å². The predicted molar refractivity (Wildman–Crippen MR) is 56.3 cm³/mol. The Morgan fingerprint density at radius 3 is 3.21 bits per heavy atom. The van der Waals surface area contributed by atoms with Crippen molar-refractivity contribution in [1.29, 1.82) is 0 Å². The fourth-order valence-electron chi connectivity index (χ4n) is 1.72. The molecule has 2 rings (SSSR count). The van der Waals surface area contributed by atoms with Crippen LogP contribution in [0.4, 0.5) is 5.82 Å². The van der Waals surface area contributed by atoms with Crippen LogP contribution in [0.1, 0.15) is 18.4 Å². The number of hydrogen-bond acceptors (Lipinski definition) is 4. The number of nitrogens with zero attached hydrogens (tertiary/aromatic N) is 2. The van der Waals surface area contributed by atoms with Crippen LogP contribution in [0.5, 0.6) is 0 Å². The topological polar surface area (TPSA) is 49.8 Å². The van der Waals surface area contributed by atoms with Crippen molar-refractivity contribution in [2.24, 2.45) is 0 Å². The summed E-state index contributed by atoms with van der Waals surface area (Å²) in [5.74, 6) is 0.888. The van der Waals surface area contributed by atoms with Crippen LogP contribution in [0.2, 0.25) is 0 Å². The SMILES string of the molecule is Cc1cnnc(NC2CCCNC2)c1. The molecular weight excluding hydrogens is 176 g/mol. The standard InChI is InChI=1S/C10H16N4/c1-8-5-10(14-12-6-8)13-9-3-2-4-11-7-9/h5-6,9,11H,2-4,7H2,1H3,(H,13,14). The van der Waals surface area contributed by atoms with Gasteiger partial charge in [-0.05, 0) is 37.9 Å². The molecule has 1 atom stereocenters. The zero-order valence-electron chi connectivity index (χ0n) is 8.45. The summed E-state index contributed by atoms with van der Waals surface area (Å²) < 4.78 is 0. The highest BCUT2D eigenvalue weighted by Crippen LogP contribution is 2.09. The van der Waals surface area contributed by atoms with Crippen molar-refractivity contribution in [2.75, 3.05) is 18.4 Å². The molecule has 76 valence electrons. The van der Waals surface area contributed by atoms with E-state index in [1.807, 2.05) is 13.0 Å². The normalized spacial score (nSPS) is 21.9. The third kappa shape index (κ3) is 2.42. The first-order valence-corrected chi connectivity index (χ1v) is 5.11. The van der Waals surface area contributed by atoms with Gasteiger partial charge in [-0.25, -0.2) is 0 Å². The van der Waals surface area contributed by atoms with Crippen molar-refractivity contribution in [3.8, 4) is 0 Å². The summed E-state index contributed by atoms with van der Waals surface area (Å²) in [6, 6.07) is 2.53. The van der Waals surface area contributed by atoms with Gasteiger partial charge < -0.3 is 10.6 Å². The molecule has 1 saturated heterocycles. The van der Waals surface area contributed by atoms with Crippen LogP contribution in [-0.4, -0.2) is 29.3 Å². The Morgan fingerprint density at radius 1 is 1.57 bits per heavy atom. The van der Waals surface area contributed by atoms with Crippen molar-refractivity contribution >= 4 is 5.82 Å². The maximum atomic E-state index is 4.04. The third-order valence-electron chi connectivity index (χ3n) is 2.44. The molecule has 0 aromatic carbocycles. The molecule has 1 aliphatic rings. The largest absolute Gasteiger partial charge is 0.365 e. The molecule has 1 aliphatic heterocycles. The van der Waals surface area contributed by atoms with E-state index >= 15 is 0 Å². The minimum Gasteiger partial charge on any atom is -0.365 e. The summed E-state index contributed by atoms with van der Waals surface area (Å²) in [4.78, 5) is 0. The Kier molecular flexibility index (Phi) is 2.93. The van der Waals surface area contributed by atoms with Crippen LogP contribution in [0, 0.1) is 6.92 Å². The molecule has 14 heavy (non-hydrogen) atoms. The van der Waals surface area contributed by atoms with E-state index in [0.717, 1.165) is 24.5 Å². The Morgan fingerprint density at radius 2 is 2.50 bits per heavy atom. The van der Waals surface area contributed by atoms with E-state index in [2.05, 4.69) is 20.8 Å². The molecule has 1 aromatic rings. The molecule has 4 nitrogen and oxygen atoms in total. The summed E-state index contributed by atoms with van der Waals surface area (Å²) in [6.07, 6.45) is 4.21. The maximum absolute atomic E-state index is 4.04. The second-order valence-corrected chi connectivity index (χ2v) is 3.81. The van der Waals surface area contributed by atoms with Gasteiger partial charge in [0.2, 0.25) is 0 Å². The van der Waals surface area contributed by atoms with Gasteiger partial charge in [0, 0.05) is 12.6 Å². The van der Waals surface area contributed by atoms with Crippen molar-refractivity contribution in [2.45, 2.75) is 25.8 Å². The van der Waals surface area contributed by atoms with E-state index in [1.54, 1.807) is 6.20 Å². The minimum atomic E-state index is 0.500. The van der Waals surface area contributed by atoms with E-state index in [9.17, 15) is 0 Å². The summed E-state index contributed by atoms with van der Waals surface area (Å²) in [7, 11) is 0. The van der Waals surface area contributed by atoms with Crippen molar-refractivity contribution in [3.05, 3.63) is 17.8 Å². The fraction of sp³-hybridized carbons (Fsp3) is 0.600. The predicted octanol–water partition coefficient (Wildman–Crippen LogP) is 0.949. The van der Waals surface area contributed by atoms with Gasteiger partial charge in [0.1, 0.15) is 5.82 Å². The molecule has 0 spiro atoms. The Balaban J connectivity index is 1.95. The van der Waals surface area contributed by atoms with Crippen LogP contribution >= 0.6 is 0 Å². The quantitative estimate of drug-likeness (QED) is 0.732. The molecule has 1 aromatic heterocycles. The number of aryl methyl sites for hydroxylation is 1. The summed E-state index contributed by atoms with van der Waals surface area (Å²) in [5, 5.41) is 14.7. The molecule has 2 N–H and O–H groups in total. The smallest absolute Gasteiger partial charge is 0.149 e. The molecule has 4 heteroatoms. The minimum absolute atomic E-state index is 0.500. The molecule has 0 radical (unpaired) electrons. The molecule has 0 amide bonds. The van der Waals surface area contributed by atoms with E-state index in [4.69, 9.17) is 0 Å². The van der Waals surface area contributed by atoms with Gasteiger partial charge in [-0.3, -0.25) is 0 Å². The number of aromatic nitrogens is 2. The van der Waals surface area contributed by atoms with Crippen LogP contribution in [0.25, 0.3) is 0 Å². The van der Waals surface area contributed by atoms with Crippen molar-refractivity contribution < 1.29 is 0 Å². The van der Waals surface area contributed by atoms with E-state index < -0.39 is 0 Å². The highest BCUT2D eigenvalue weighted by Gasteiger charge is 2.12. The number of anilines is 1. The second kappa shape index (κ2) is 4.37. The van der Waals surface area contributed by atoms with Gasteiger partial charge in [0.15, 0.2) is 0 Å². The first-order chi connectivity index (χ1) is 6.84. The Bertz CT molecular complexity index is 294. The van der Waals surface area contributed by atoms with Gasteiger partial charge in [0.25, 0.3) is 0 Å². The van der Waals surface area contributed by atoms with Gasteiger partial charge in [-0.2, -0.15) is 5.10 Å². The number of nitrogens with one attached hydrogen (secondary N) is 2. The first kappa shape index (κ1) is 9.40. The van der Waals surface area contributed by atoms with Gasteiger partial charge >= 0.3 is 0 Å². The van der Waals surface area contributed by atoms with Crippen LogP contribution < -0.4 is 10.6 Å². The van der Waals surface area contributed by atoms with Crippen molar-refractivity contribution in [3.63, 3.8) is 0 Å². The zero-order chi connectivity index (χ0) is 9.80. The van der Waals surface area contributed by atoms with E-state index in [1.165, 1.54) is 12.8 Å². The highest BCUT2D eigenvalue weighted by molar-refractivity contribution is 5.36. The van der Waals surface area contributed by atoms with Crippen LogP contribution in [0.3, 0.4) is 0 Å². The van der Waals surface area contributed by atoms with E-state index in [-0.39, 0.29) is 0 Å². The molecular formula is C10H16N4. The number of hydrogen-bond donors (Lipinski definition) is 2.